The summed E-state index contributed by atoms with van der Waals surface area (Å²) in [5, 5.41) is 12.0. The molecule has 1 fully saturated rings. The SMILES string of the molecule is Cc1nn(Cc2ccccc2Cl)c2sc(C(=O)NCCNC(=O)C3CC3)cc12. The molecule has 3 aromatic rings. The van der Waals surface area contributed by atoms with Gasteiger partial charge in [-0.25, -0.2) is 0 Å². The Morgan fingerprint density at radius 3 is 2.75 bits per heavy atom. The molecule has 1 saturated carbocycles. The second-order valence-corrected chi connectivity index (χ2v) is 8.42. The number of carbonyl (C=O) groups is 2. The van der Waals surface area contributed by atoms with Crippen molar-refractivity contribution in [2.24, 2.45) is 5.92 Å². The van der Waals surface area contributed by atoms with Crippen LogP contribution in [-0.2, 0) is 11.3 Å². The molecule has 1 aromatic carbocycles. The molecule has 8 heteroatoms. The first-order valence-electron chi connectivity index (χ1n) is 9.29. The van der Waals surface area contributed by atoms with Gasteiger partial charge in [-0.15, -0.1) is 11.3 Å². The molecule has 2 heterocycles. The van der Waals surface area contributed by atoms with Gasteiger partial charge in [-0.2, -0.15) is 5.10 Å². The van der Waals surface area contributed by atoms with E-state index in [1.807, 2.05) is 41.9 Å². The molecule has 6 nitrogen and oxygen atoms in total. The van der Waals surface area contributed by atoms with Gasteiger partial charge in [-0.3, -0.25) is 14.3 Å². The lowest BCUT2D eigenvalue weighted by atomic mass is 10.2. The average Bonchev–Trinajstić information content (AvgIpc) is 3.37. The van der Waals surface area contributed by atoms with Crippen molar-refractivity contribution < 1.29 is 9.59 Å². The Bertz CT molecular complexity index is 1040. The number of aromatic nitrogens is 2. The first-order valence-corrected chi connectivity index (χ1v) is 10.5. The number of halogens is 1. The normalized spacial score (nSPS) is 13.6. The lowest BCUT2D eigenvalue weighted by Crippen LogP contribution is -2.35. The van der Waals surface area contributed by atoms with Crippen molar-refractivity contribution in [3.8, 4) is 0 Å². The quantitative estimate of drug-likeness (QED) is 0.580. The lowest BCUT2D eigenvalue weighted by Gasteiger charge is -2.06. The van der Waals surface area contributed by atoms with E-state index in [2.05, 4.69) is 15.7 Å². The van der Waals surface area contributed by atoms with Crippen LogP contribution >= 0.6 is 22.9 Å². The second kappa shape index (κ2) is 7.93. The van der Waals surface area contributed by atoms with Crippen LogP contribution in [0.4, 0.5) is 0 Å². The summed E-state index contributed by atoms with van der Waals surface area (Å²) in [6.07, 6.45) is 1.95. The van der Waals surface area contributed by atoms with Crippen molar-refractivity contribution in [3.63, 3.8) is 0 Å². The summed E-state index contributed by atoms with van der Waals surface area (Å²) in [6, 6.07) is 9.56. The predicted molar refractivity (Wildman–Crippen MR) is 111 cm³/mol. The van der Waals surface area contributed by atoms with Gasteiger partial charge in [0.05, 0.1) is 17.1 Å². The van der Waals surface area contributed by atoms with Crippen molar-refractivity contribution in [1.29, 1.82) is 0 Å². The van der Waals surface area contributed by atoms with Crippen LogP contribution in [0.5, 0.6) is 0 Å². The summed E-state index contributed by atoms with van der Waals surface area (Å²) in [4.78, 5) is 25.7. The van der Waals surface area contributed by atoms with Crippen molar-refractivity contribution in [1.82, 2.24) is 20.4 Å². The van der Waals surface area contributed by atoms with E-state index in [1.165, 1.54) is 11.3 Å². The highest BCUT2D eigenvalue weighted by molar-refractivity contribution is 7.20. The Hall–Kier alpha value is -2.38. The number of rotatable bonds is 7. The highest BCUT2D eigenvalue weighted by Gasteiger charge is 2.29. The van der Waals surface area contributed by atoms with Gasteiger partial charge in [0.25, 0.3) is 5.91 Å². The molecule has 0 aliphatic heterocycles. The number of fused-ring (bicyclic) bond motifs is 1. The number of hydrogen-bond donors (Lipinski definition) is 2. The summed E-state index contributed by atoms with van der Waals surface area (Å²) >= 11 is 7.69. The minimum absolute atomic E-state index is 0.0893. The maximum Gasteiger partial charge on any atom is 0.261 e. The number of thiophene rings is 1. The molecule has 2 amide bonds. The topological polar surface area (TPSA) is 76.0 Å². The van der Waals surface area contributed by atoms with Crippen LogP contribution in [0, 0.1) is 12.8 Å². The van der Waals surface area contributed by atoms with Gasteiger partial charge in [0, 0.05) is 29.4 Å². The van der Waals surface area contributed by atoms with Crippen LogP contribution < -0.4 is 10.6 Å². The van der Waals surface area contributed by atoms with Crippen molar-refractivity contribution in [2.75, 3.05) is 13.1 Å². The first-order chi connectivity index (χ1) is 13.5. The fourth-order valence-corrected chi connectivity index (χ4v) is 4.33. The van der Waals surface area contributed by atoms with Crippen molar-refractivity contribution in [3.05, 3.63) is 51.5 Å². The van der Waals surface area contributed by atoms with E-state index in [0.717, 1.165) is 34.3 Å². The number of benzene rings is 1. The first kappa shape index (κ1) is 19.0. The van der Waals surface area contributed by atoms with E-state index in [-0.39, 0.29) is 17.7 Å². The molecule has 28 heavy (non-hydrogen) atoms. The summed E-state index contributed by atoms with van der Waals surface area (Å²) in [5.41, 5.74) is 1.87. The molecule has 0 spiro atoms. The maximum absolute atomic E-state index is 12.5. The van der Waals surface area contributed by atoms with Crippen LogP contribution in [0.15, 0.2) is 30.3 Å². The molecule has 2 aromatic heterocycles. The van der Waals surface area contributed by atoms with Gasteiger partial charge in [-0.1, -0.05) is 29.8 Å². The Kier molecular flexibility index (Phi) is 5.37. The molecule has 2 N–H and O–H groups in total. The van der Waals surface area contributed by atoms with E-state index in [1.54, 1.807) is 0 Å². The van der Waals surface area contributed by atoms with Crippen LogP contribution in [0.25, 0.3) is 10.2 Å². The number of aryl methyl sites for hydroxylation is 1. The minimum atomic E-state index is -0.134. The zero-order valence-corrected chi connectivity index (χ0v) is 17.1. The van der Waals surface area contributed by atoms with E-state index in [9.17, 15) is 9.59 Å². The molecular formula is C20H21ClN4O2S. The monoisotopic (exact) mass is 416 g/mol. The molecule has 0 saturated heterocycles. The predicted octanol–water partition coefficient (Wildman–Crippen LogP) is 3.36. The fourth-order valence-electron chi connectivity index (χ4n) is 3.06. The lowest BCUT2D eigenvalue weighted by molar-refractivity contribution is -0.122. The molecule has 4 rings (SSSR count). The Balaban J connectivity index is 1.43. The Morgan fingerprint density at radius 1 is 1.25 bits per heavy atom. The van der Waals surface area contributed by atoms with Gasteiger partial charge < -0.3 is 10.6 Å². The molecule has 0 bridgehead atoms. The number of hydrogen-bond acceptors (Lipinski definition) is 4. The fraction of sp³-hybridized carbons (Fsp3) is 0.350. The summed E-state index contributed by atoms with van der Waals surface area (Å²) in [5.74, 6) is 0.138. The third-order valence-electron chi connectivity index (χ3n) is 4.77. The smallest absolute Gasteiger partial charge is 0.261 e. The number of carbonyl (C=O) groups excluding carboxylic acids is 2. The molecule has 0 unspecified atom stereocenters. The zero-order chi connectivity index (χ0) is 19.7. The maximum atomic E-state index is 12.5. The van der Waals surface area contributed by atoms with Crippen molar-refractivity contribution in [2.45, 2.75) is 26.3 Å². The summed E-state index contributed by atoms with van der Waals surface area (Å²) in [6.45, 7) is 3.35. The van der Waals surface area contributed by atoms with Gasteiger partial charge in [0.2, 0.25) is 5.91 Å². The molecule has 146 valence electrons. The van der Waals surface area contributed by atoms with Crippen molar-refractivity contribution >= 4 is 45.0 Å². The van der Waals surface area contributed by atoms with Gasteiger partial charge in [0.15, 0.2) is 0 Å². The third-order valence-corrected chi connectivity index (χ3v) is 6.28. The van der Waals surface area contributed by atoms with Crippen LogP contribution in [0.2, 0.25) is 5.02 Å². The summed E-state index contributed by atoms with van der Waals surface area (Å²) < 4.78 is 1.89. The van der Waals surface area contributed by atoms with E-state index < -0.39 is 0 Å². The average molecular weight is 417 g/mol. The highest BCUT2D eigenvalue weighted by Crippen LogP contribution is 2.30. The van der Waals surface area contributed by atoms with Gasteiger partial charge in [-0.05, 0) is 37.5 Å². The minimum Gasteiger partial charge on any atom is -0.354 e. The van der Waals surface area contributed by atoms with Crippen LogP contribution in [0.1, 0.15) is 33.8 Å². The van der Waals surface area contributed by atoms with Gasteiger partial charge in [0.1, 0.15) is 4.83 Å². The van der Waals surface area contributed by atoms with E-state index in [0.29, 0.717) is 29.5 Å². The Labute approximate surface area is 171 Å². The van der Waals surface area contributed by atoms with E-state index in [4.69, 9.17) is 11.6 Å². The van der Waals surface area contributed by atoms with Crippen LogP contribution in [-0.4, -0.2) is 34.7 Å². The summed E-state index contributed by atoms with van der Waals surface area (Å²) in [7, 11) is 0. The number of amides is 2. The molecule has 1 aliphatic rings. The third kappa shape index (κ3) is 4.05. The highest BCUT2D eigenvalue weighted by atomic mass is 35.5. The largest absolute Gasteiger partial charge is 0.354 e. The van der Waals surface area contributed by atoms with Gasteiger partial charge >= 0.3 is 0 Å². The second-order valence-electron chi connectivity index (χ2n) is 6.99. The molecule has 0 radical (unpaired) electrons. The Morgan fingerprint density at radius 2 is 2.00 bits per heavy atom. The number of nitrogens with zero attached hydrogens (tertiary/aromatic N) is 2. The zero-order valence-electron chi connectivity index (χ0n) is 15.5. The standard InChI is InChI=1S/C20H21ClN4O2S/c1-12-15-10-17(19(27)23-9-8-22-18(26)13-6-7-13)28-20(15)25(24-12)11-14-4-2-3-5-16(14)21/h2-5,10,13H,6-9,11H2,1H3,(H,22,26)(H,23,27). The van der Waals surface area contributed by atoms with E-state index >= 15 is 0 Å². The van der Waals surface area contributed by atoms with Crippen LogP contribution in [0.3, 0.4) is 0 Å². The molecule has 0 atom stereocenters. The molecule has 1 aliphatic carbocycles. The number of nitrogens with one attached hydrogen (secondary N) is 2. The molecular weight excluding hydrogens is 396 g/mol.